The predicted octanol–water partition coefficient (Wildman–Crippen LogP) is 3.23. The van der Waals surface area contributed by atoms with E-state index < -0.39 is 0 Å². The molecule has 0 spiro atoms. The van der Waals surface area contributed by atoms with Crippen LogP contribution in [0.4, 0.5) is 0 Å². The number of aromatic nitrogens is 4. The summed E-state index contributed by atoms with van der Waals surface area (Å²) in [6.45, 7) is 2.00. The molecule has 2 rings (SSSR count). The van der Waals surface area contributed by atoms with E-state index in [1.807, 2.05) is 26.1 Å². The van der Waals surface area contributed by atoms with Gasteiger partial charge < -0.3 is 5.32 Å². The van der Waals surface area contributed by atoms with Gasteiger partial charge in [-0.1, -0.05) is 15.9 Å². The molecule has 0 radical (unpaired) electrons. The molecule has 18 heavy (non-hydrogen) atoms. The van der Waals surface area contributed by atoms with Crippen LogP contribution >= 0.6 is 47.8 Å². The maximum atomic E-state index is 4.05. The van der Waals surface area contributed by atoms with Crippen molar-refractivity contribution >= 4 is 47.8 Å². The summed E-state index contributed by atoms with van der Waals surface area (Å²) in [6, 6.07) is 3.97. The molecule has 1 atom stereocenters. The quantitative estimate of drug-likeness (QED) is 0.797. The van der Waals surface area contributed by atoms with Gasteiger partial charge in [0.05, 0.1) is 11.7 Å². The van der Waals surface area contributed by atoms with Gasteiger partial charge in [-0.05, 0) is 68.4 Å². The summed E-state index contributed by atoms with van der Waals surface area (Å²) in [5.74, 6) is 0.751. The molecular weight excluding hydrogens is 430 g/mol. The summed E-state index contributed by atoms with van der Waals surface area (Å²) < 4.78 is 4.49. The van der Waals surface area contributed by atoms with Crippen molar-refractivity contribution in [2.24, 2.45) is 0 Å². The van der Waals surface area contributed by atoms with Crippen LogP contribution in [0.15, 0.2) is 25.6 Å². The highest BCUT2D eigenvalue weighted by molar-refractivity contribution is 9.11. The summed E-state index contributed by atoms with van der Waals surface area (Å²) in [5, 5.41) is 15.0. The minimum Gasteiger partial charge on any atom is -0.311 e. The molecule has 0 bridgehead atoms. The van der Waals surface area contributed by atoms with Gasteiger partial charge in [0.15, 0.2) is 5.82 Å². The van der Waals surface area contributed by atoms with Crippen molar-refractivity contribution in [3.63, 3.8) is 0 Å². The zero-order chi connectivity index (χ0) is 13.3. The summed E-state index contributed by atoms with van der Waals surface area (Å²) in [4.78, 5) is 0. The second kappa shape index (κ2) is 5.77. The number of nitrogens with zero attached hydrogens (tertiary/aromatic N) is 4. The van der Waals surface area contributed by atoms with Crippen LogP contribution in [-0.2, 0) is 0 Å². The Bertz CT molecular complexity index is 545. The van der Waals surface area contributed by atoms with Crippen LogP contribution in [0.3, 0.4) is 0 Å². The Labute approximate surface area is 130 Å². The molecule has 0 amide bonds. The highest BCUT2D eigenvalue weighted by Crippen LogP contribution is 2.33. The van der Waals surface area contributed by atoms with Gasteiger partial charge in [0.25, 0.3) is 0 Å². The van der Waals surface area contributed by atoms with Crippen molar-refractivity contribution in [2.75, 3.05) is 7.05 Å². The molecule has 0 saturated heterocycles. The average Bonchev–Trinajstić information content (AvgIpc) is 2.75. The first-order valence-electron chi connectivity index (χ1n) is 5.15. The second-order valence-corrected chi connectivity index (χ2v) is 6.30. The Morgan fingerprint density at radius 2 is 1.83 bits per heavy atom. The summed E-state index contributed by atoms with van der Waals surface area (Å²) in [5.41, 5.74) is 0.875. The fourth-order valence-electron chi connectivity index (χ4n) is 1.49. The maximum Gasteiger partial charge on any atom is 0.173 e. The molecule has 0 aliphatic rings. The molecule has 0 fully saturated rings. The van der Waals surface area contributed by atoms with Gasteiger partial charge in [0.1, 0.15) is 0 Å². The van der Waals surface area contributed by atoms with E-state index in [1.54, 1.807) is 4.68 Å². The third kappa shape index (κ3) is 2.66. The van der Waals surface area contributed by atoms with Gasteiger partial charge in [-0.2, -0.15) is 4.68 Å². The Morgan fingerprint density at radius 3 is 2.39 bits per heavy atom. The first-order valence-corrected chi connectivity index (χ1v) is 7.53. The van der Waals surface area contributed by atoms with E-state index in [2.05, 4.69) is 68.6 Å². The number of nitrogens with one attached hydrogen (secondary N) is 1. The van der Waals surface area contributed by atoms with Crippen LogP contribution in [0.2, 0.25) is 0 Å². The van der Waals surface area contributed by atoms with Gasteiger partial charge >= 0.3 is 0 Å². The molecule has 96 valence electrons. The first-order chi connectivity index (χ1) is 8.54. The number of hydrogen-bond donors (Lipinski definition) is 1. The molecule has 1 heterocycles. The van der Waals surface area contributed by atoms with Crippen molar-refractivity contribution in [3.05, 3.63) is 31.4 Å². The maximum absolute atomic E-state index is 4.05. The van der Waals surface area contributed by atoms with Gasteiger partial charge in [-0.25, -0.2) is 0 Å². The number of rotatable bonds is 3. The van der Waals surface area contributed by atoms with E-state index >= 15 is 0 Å². The second-order valence-electron chi connectivity index (χ2n) is 3.68. The van der Waals surface area contributed by atoms with Crippen molar-refractivity contribution in [1.82, 2.24) is 25.5 Å². The lowest BCUT2D eigenvalue weighted by atomic mass is 10.3. The smallest absolute Gasteiger partial charge is 0.173 e. The minimum atomic E-state index is 0.0578. The van der Waals surface area contributed by atoms with E-state index in [-0.39, 0.29) is 6.04 Å². The zero-order valence-electron chi connectivity index (χ0n) is 9.65. The monoisotopic (exact) mass is 437 g/mol. The fraction of sp³-hybridized carbons (Fsp3) is 0.300. The largest absolute Gasteiger partial charge is 0.311 e. The number of hydrogen-bond acceptors (Lipinski definition) is 4. The highest BCUT2D eigenvalue weighted by Gasteiger charge is 2.18. The lowest BCUT2D eigenvalue weighted by Crippen LogP contribution is -2.18. The van der Waals surface area contributed by atoms with Gasteiger partial charge in [0, 0.05) is 13.4 Å². The minimum absolute atomic E-state index is 0.0578. The van der Waals surface area contributed by atoms with E-state index in [0.29, 0.717) is 0 Å². The molecule has 1 aromatic heterocycles. The van der Waals surface area contributed by atoms with E-state index in [0.717, 1.165) is 24.9 Å². The Balaban J connectivity index is 2.59. The molecule has 1 unspecified atom stereocenters. The van der Waals surface area contributed by atoms with Crippen molar-refractivity contribution in [2.45, 2.75) is 13.0 Å². The summed E-state index contributed by atoms with van der Waals surface area (Å²) in [7, 11) is 1.87. The molecule has 0 saturated carbocycles. The van der Waals surface area contributed by atoms with Crippen LogP contribution in [0.5, 0.6) is 0 Å². The molecule has 8 heteroatoms. The molecule has 5 nitrogen and oxygen atoms in total. The SMILES string of the molecule is CNC(C)c1nnnn1-c1c(Br)cc(Br)cc1Br. The predicted molar refractivity (Wildman–Crippen MR) is 79.7 cm³/mol. The topological polar surface area (TPSA) is 55.6 Å². The fourth-order valence-corrected chi connectivity index (χ4v) is 4.08. The van der Waals surface area contributed by atoms with E-state index in [4.69, 9.17) is 0 Å². The molecule has 1 N–H and O–H groups in total. The Morgan fingerprint density at radius 1 is 1.22 bits per heavy atom. The van der Waals surface area contributed by atoms with Crippen LogP contribution in [0, 0.1) is 0 Å². The molecule has 0 aliphatic carbocycles. The number of benzene rings is 1. The normalized spacial score (nSPS) is 12.7. The number of halogens is 3. The summed E-state index contributed by atoms with van der Waals surface area (Å²) >= 11 is 10.5. The third-order valence-electron chi connectivity index (χ3n) is 2.51. The zero-order valence-corrected chi connectivity index (χ0v) is 14.4. The molecule has 2 aromatic rings. The lowest BCUT2D eigenvalue weighted by molar-refractivity contribution is 0.587. The standard InChI is InChI=1S/C10H10Br3N5/c1-5(14-2)10-15-16-17-18(10)9-7(12)3-6(11)4-8(9)13/h3-5,14H,1-2H3. The Hall–Kier alpha value is -0.310. The van der Waals surface area contributed by atoms with Gasteiger partial charge in [-0.3, -0.25) is 0 Å². The highest BCUT2D eigenvalue weighted by atomic mass is 79.9. The molecular formula is C10H10Br3N5. The summed E-state index contributed by atoms with van der Waals surface area (Å²) in [6.07, 6.45) is 0. The van der Waals surface area contributed by atoms with Gasteiger partial charge in [0.2, 0.25) is 0 Å². The Kier molecular flexibility index (Phi) is 4.52. The molecule has 0 aliphatic heterocycles. The lowest BCUT2D eigenvalue weighted by Gasteiger charge is -2.13. The van der Waals surface area contributed by atoms with Gasteiger partial charge in [-0.15, -0.1) is 5.10 Å². The van der Waals surface area contributed by atoms with Crippen molar-refractivity contribution in [1.29, 1.82) is 0 Å². The van der Waals surface area contributed by atoms with Crippen LogP contribution in [-0.4, -0.2) is 27.3 Å². The number of tetrazole rings is 1. The van der Waals surface area contributed by atoms with Crippen LogP contribution in [0.25, 0.3) is 5.69 Å². The average molecular weight is 440 g/mol. The first kappa shape index (κ1) is 14.1. The van der Waals surface area contributed by atoms with E-state index in [9.17, 15) is 0 Å². The van der Waals surface area contributed by atoms with Crippen LogP contribution < -0.4 is 5.32 Å². The van der Waals surface area contributed by atoms with Crippen LogP contribution in [0.1, 0.15) is 18.8 Å². The third-order valence-corrected chi connectivity index (χ3v) is 4.17. The molecule has 1 aromatic carbocycles. The van der Waals surface area contributed by atoms with Crippen molar-refractivity contribution < 1.29 is 0 Å². The van der Waals surface area contributed by atoms with Crippen molar-refractivity contribution in [3.8, 4) is 5.69 Å². The van der Waals surface area contributed by atoms with E-state index in [1.165, 1.54) is 0 Å².